The van der Waals surface area contributed by atoms with Crippen molar-refractivity contribution in [1.29, 1.82) is 0 Å². The number of carbonyl (C=O) groups is 2. The van der Waals surface area contributed by atoms with Gasteiger partial charge < -0.3 is 10.2 Å². The second kappa shape index (κ2) is 8.34. The maximum absolute atomic E-state index is 12.8. The van der Waals surface area contributed by atoms with E-state index >= 15 is 0 Å². The summed E-state index contributed by atoms with van der Waals surface area (Å²) in [5.41, 5.74) is 0.557. The molecule has 0 aromatic heterocycles. The van der Waals surface area contributed by atoms with Crippen molar-refractivity contribution in [3.8, 4) is 0 Å². The zero-order valence-electron chi connectivity index (χ0n) is 14.8. The monoisotopic (exact) mass is 454 g/mol. The van der Waals surface area contributed by atoms with Gasteiger partial charge in [0, 0.05) is 30.5 Å². The molecule has 1 heterocycles. The Morgan fingerprint density at radius 2 is 1.86 bits per heavy atom. The Hall–Kier alpha value is -2.35. The number of nitrogens with zero attached hydrogens (tertiary/aromatic N) is 1. The van der Waals surface area contributed by atoms with Crippen molar-refractivity contribution in [3.05, 3.63) is 69.7 Å². The van der Waals surface area contributed by atoms with Crippen LogP contribution in [-0.2, 0) is 28.9 Å². The molecule has 1 N–H and O–H groups in total. The number of nitrogens with one attached hydrogen (secondary N) is 1. The van der Waals surface area contributed by atoms with Crippen LogP contribution in [0.15, 0.2) is 53.0 Å². The zero-order valence-corrected chi connectivity index (χ0v) is 16.4. The summed E-state index contributed by atoms with van der Waals surface area (Å²) in [6.45, 7) is 0.689. The molecule has 148 valence electrons. The quantitative estimate of drug-likeness (QED) is 0.738. The van der Waals surface area contributed by atoms with Gasteiger partial charge in [-0.2, -0.15) is 13.2 Å². The van der Waals surface area contributed by atoms with Crippen LogP contribution in [0.3, 0.4) is 0 Å². The van der Waals surface area contributed by atoms with Gasteiger partial charge in [-0.3, -0.25) is 9.59 Å². The molecule has 8 heteroatoms. The van der Waals surface area contributed by atoms with Gasteiger partial charge in [-0.25, -0.2) is 0 Å². The number of halogens is 4. The number of benzene rings is 2. The molecule has 1 saturated heterocycles. The number of alkyl halides is 3. The number of amides is 2. The lowest BCUT2D eigenvalue weighted by Gasteiger charge is -2.17. The summed E-state index contributed by atoms with van der Waals surface area (Å²) in [5, 5.41) is 2.64. The fourth-order valence-corrected chi connectivity index (χ4v) is 3.59. The predicted octanol–water partition coefficient (Wildman–Crippen LogP) is 4.13. The molecular formula is C20H18BrF3N2O2. The molecule has 28 heavy (non-hydrogen) atoms. The lowest BCUT2D eigenvalue weighted by Crippen LogP contribution is -2.32. The van der Waals surface area contributed by atoms with Gasteiger partial charge in [-0.1, -0.05) is 40.2 Å². The standard InChI is InChI=1S/C20H18BrF3N2O2/c21-17-6-2-4-14(8-17)11-26-12-15(9-18(26)27)19(28)25-10-13-3-1-5-16(7-13)20(22,23)24/h1-8,15H,9-12H2,(H,25,28)/t15-/m0/s1. The molecule has 1 aliphatic heterocycles. The minimum absolute atomic E-state index is 0.0148. The fraction of sp³-hybridized carbons (Fsp3) is 0.300. The Kier molecular flexibility index (Phi) is 6.07. The third-order valence-electron chi connectivity index (χ3n) is 4.57. The van der Waals surface area contributed by atoms with Crippen LogP contribution in [0, 0.1) is 5.92 Å². The maximum atomic E-state index is 12.8. The molecule has 0 spiro atoms. The highest BCUT2D eigenvalue weighted by molar-refractivity contribution is 9.10. The van der Waals surface area contributed by atoms with Crippen LogP contribution in [0.5, 0.6) is 0 Å². The minimum atomic E-state index is -4.43. The molecule has 3 rings (SSSR count). The number of hydrogen-bond acceptors (Lipinski definition) is 2. The first-order valence-electron chi connectivity index (χ1n) is 8.68. The molecule has 2 aromatic carbocycles. The van der Waals surface area contributed by atoms with Crippen molar-refractivity contribution < 1.29 is 22.8 Å². The van der Waals surface area contributed by atoms with Crippen LogP contribution < -0.4 is 5.32 Å². The topological polar surface area (TPSA) is 49.4 Å². The second-order valence-corrected chi connectivity index (χ2v) is 7.64. The Morgan fingerprint density at radius 3 is 2.57 bits per heavy atom. The van der Waals surface area contributed by atoms with E-state index in [0.29, 0.717) is 18.7 Å². The molecule has 0 saturated carbocycles. The first kappa shape index (κ1) is 20.4. The van der Waals surface area contributed by atoms with E-state index in [1.54, 1.807) is 4.90 Å². The van der Waals surface area contributed by atoms with Crippen LogP contribution in [0.4, 0.5) is 13.2 Å². The largest absolute Gasteiger partial charge is 0.416 e. The highest BCUT2D eigenvalue weighted by Gasteiger charge is 2.34. The molecule has 1 aliphatic rings. The van der Waals surface area contributed by atoms with Gasteiger partial charge in [0.05, 0.1) is 11.5 Å². The Morgan fingerprint density at radius 1 is 1.14 bits per heavy atom. The van der Waals surface area contributed by atoms with E-state index in [9.17, 15) is 22.8 Å². The van der Waals surface area contributed by atoms with Gasteiger partial charge in [0.15, 0.2) is 0 Å². The van der Waals surface area contributed by atoms with Gasteiger partial charge >= 0.3 is 6.18 Å². The van der Waals surface area contributed by atoms with E-state index in [2.05, 4.69) is 21.2 Å². The molecule has 0 bridgehead atoms. The molecule has 2 aromatic rings. The Balaban J connectivity index is 1.56. The van der Waals surface area contributed by atoms with Crippen LogP contribution in [0.25, 0.3) is 0 Å². The van der Waals surface area contributed by atoms with Gasteiger partial charge in [0.1, 0.15) is 0 Å². The average molecular weight is 455 g/mol. The van der Waals surface area contributed by atoms with Gasteiger partial charge in [-0.15, -0.1) is 0 Å². The van der Waals surface area contributed by atoms with E-state index in [-0.39, 0.29) is 24.8 Å². The van der Waals surface area contributed by atoms with E-state index in [1.165, 1.54) is 12.1 Å². The number of rotatable bonds is 5. The molecule has 0 unspecified atom stereocenters. The van der Waals surface area contributed by atoms with Crippen LogP contribution >= 0.6 is 15.9 Å². The first-order valence-corrected chi connectivity index (χ1v) is 9.48. The maximum Gasteiger partial charge on any atom is 0.416 e. The summed E-state index contributed by atoms with van der Waals surface area (Å²) in [4.78, 5) is 26.2. The SMILES string of the molecule is O=C(NCc1cccc(C(F)(F)F)c1)[C@H]1CC(=O)N(Cc2cccc(Br)c2)C1. The highest BCUT2D eigenvalue weighted by atomic mass is 79.9. The minimum Gasteiger partial charge on any atom is -0.352 e. The van der Waals surface area contributed by atoms with E-state index in [1.807, 2.05) is 24.3 Å². The number of hydrogen-bond donors (Lipinski definition) is 1. The molecule has 2 amide bonds. The third-order valence-corrected chi connectivity index (χ3v) is 5.06. The summed E-state index contributed by atoms with van der Waals surface area (Å²) in [6.07, 6.45) is -4.33. The van der Waals surface area contributed by atoms with Crippen molar-refractivity contribution in [2.24, 2.45) is 5.92 Å². The van der Waals surface area contributed by atoms with Crippen molar-refractivity contribution in [3.63, 3.8) is 0 Å². The number of likely N-dealkylation sites (tertiary alicyclic amines) is 1. The smallest absolute Gasteiger partial charge is 0.352 e. The molecule has 1 fully saturated rings. The summed E-state index contributed by atoms with van der Waals surface area (Å²) in [7, 11) is 0. The molecule has 0 radical (unpaired) electrons. The van der Waals surface area contributed by atoms with E-state index < -0.39 is 17.7 Å². The number of carbonyl (C=O) groups excluding carboxylic acids is 2. The van der Waals surface area contributed by atoms with E-state index in [0.717, 1.165) is 22.2 Å². The lowest BCUT2D eigenvalue weighted by molar-refractivity contribution is -0.137. The predicted molar refractivity (Wildman–Crippen MR) is 101 cm³/mol. The molecular weight excluding hydrogens is 437 g/mol. The lowest BCUT2D eigenvalue weighted by atomic mass is 10.1. The molecule has 0 aliphatic carbocycles. The molecule has 1 atom stereocenters. The van der Waals surface area contributed by atoms with Crippen molar-refractivity contribution in [2.45, 2.75) is 25.7 Å². The summed E-state index contributed by atoms with van der Waals surface area (Å²) in [5.74, 6) is -0.952. The summed E-state index contributed by atoms with van der Waals surface area (Å²) < 4.78 is 39.2. The third kappa shape index (κ3) is 5.13. The van der Waals surface area contributed by atoms with Gasteiger partial charge in [0.25, 0.3) is 0 Å². The van der Waals surface area contributed by atoms with Crippen molar-refractivity contribution >= 4 is 27.7 Å². The van der Waals surface area contributed by atoms with Crippen molar-refractivity contribution in [1.82, 2.24) is 10.2 Å². The first-order chi connectivity index (χ1) is 13.2. The Bertz CT molecular complexity index is 886. The average Bonchev–Trinajstić information content (AvgIpc) is 3.00. The van der Waals surface area contributed by atoms with Crippen LogP contribution in [0.1, 0.15) is 23.1 Å². The second-order valence-electron chi connectivity index (χ2n) is 6.72. The van der Waals surface area contributed by atoms with Gasteiger partial charge in [0.2, 0.25) is 11.8 Å². The fourth-order valence-electron chi connectivity index (χ4n) is 3.15. The van der Waals surface area contributed by atoms with Gasteiger partial charge in [-0.05, 0) is 35.4 Å². The van der Waals surface area contributed by atoms with Crippen molar-refractivity contribution in [2.75, 3.05) is 6.54 Å². The Labute approximate surface area is 168 Å². The van der Waals surface area contributed by atoms with Crippen LogP contribution in [-0.4, -0.2) is 23.3 Å². The van der Waals surface area contributed by atoms with Crippen LogP contribution in [0.2, 0.25) is 0 Å². The summed E-state index contributed by atoms with van der Waals surface area (Å²) in [6, 6.07) is 12.4. The molecule has 4 nitrogen and oxygen atoms in total. The van der Waals surface area contributed by atoms with E-state index in [4.69, 9.17) is 0 Å². The highest BCUT2D eigenvalue weighted by Crippen LogP contribution is 2.29. The normalized spacial score (nSPS) is 17.1. The zero-order chi connectivity index (χ0) is 20.3. The summed E-state index contributed by atoms with van der Waals surface area (Å²) >= 11 is 3.38.